The number of Topliss-reactive ketones (excluding diaryl/α,β-unsaturated/α-hetero) is 1. The summed E-state index contributed by atoms with van der Waals surface area (Å²) in [4.78, 5) is 12.5. The molecule has 3 nitrogen and oxygen atoms in total. The number of rotatable bonds is 3. The second-order valence-electron chi connectivity index (χ2n) is 5.53. The van der Waals surface area contributed by atoms with E-state index in [1.807, 2.05) is 36.4 Å². The lowest BCUT2D eigenvalue weighted by molar-refractivity contribution is -0.111. The summed E-state index contributed by atoms with van der Waals surface area (Å²) in [5, 5.41) is 9.31. The monoisotopic (exact) mass is 306 g/mol. The number of benzene rings is 2. The lowest BCUT2D eigenvalue weighted by Crippen LogP contribution is -1.95. The first kappa shape index (κ1) is 15.1. The van der Waals surface area contributed by atoms with Gasteiger partial charge in [0.1, 0.15) is 11.5 Å². The normalized spacial score (nSPS) is 17.9. The first-order chi connectivity index (χ1) is 11.2. The molecule has 0 amide bonds. The Morgan fingerprint density at radius 3 is 1.83 bits per heavy atom. The number of ether oxygens (including phenoxy) is 1. The van der Waals surface area contributed by atoms with E-state index in [0.717, 1.165) is 40.9 Å². The van der Waals surface area contributed by atoms with Gasteiger partial charge in [0, 0.05) is 11.1 Å². The minimum Gasteiger partial charge on any atom is -0.508 e. The van der Waals surface area contributed by atoms with E-state index in [1.54, 1.807) is 31.4 Å². The number of allylic oxidation sites excluding steroid dienone is 2. The van der Waals surface area contributed by atoms with Crippen molar-refractivity contribution in [3.05, 3.63) is 70.8 Å². The molecule has 0 heterocycles. The third-order valence-electron chi connectivity index (χ3n) is 3.94. The summed E-state index contributed by atoms with van der Waals surface area (Å²) in [6.45, 7) is 0. The first-order valence-electron chi connectivity index (χ1n) is 7.54. The Morgan fingerprint density at radius 2 is 1.35 bits per heavy atom. The molecule has 1 aliphatic rings. The molecule has 2 aromatic rings. The fraction of sp³-hybridized carbons (Fsp3) is 0.150. The Bertz CT molecular complexity index is 766. The molecule has 3 heteroatoms. The fourth-order valence-corrected chi connectivity index (χ4v) is 2.65. The second-order valence-corrected chi connectivity index (χ2v) is 5.53. The summed E-state index contributed by atoms with van der Waals surface area (Å²) in [6.07, 6.45) is 5.35. The van der Waals surface area contributed by atoms with E-state index >= 15 is 0 Å². The highest BCUT2D eigenvalue weighted by Crippen LogP contribution is 2.30. The molecule has 0 bridgehead atoms. The molecule has 0 aliphatic heterocycles. The van der Waals surface area contributed by atoms with Gasteiger partial charge in [-0.3, -0.25) is 4.79 Å². The molecule has 0 unspecified atom stereocenters. The van der Waals surface area contributed by atoms with E-state index < -0.39 is 0 Å². The van der Waals surface area contributed by atoms with Gasteiger partial charge in [-0.2, -0.15) is 0 Å². The largest absolute Gasteiger partial charge is 0.508 e. The van der Waals surface area contributed by atoms with E-state index in [9.17, 15) is 9.90 Å². The van der Waals surface area contributed by atoms with Gasteiger partial charge in [0.05, 0.1) is 7.11 Å². The van der Waals surface area contributed by atoms with Crippen molar-refractivity contribution in [3.63, 3.8) is 0 Å². The standard InChI is InChI=1S/C20H18O3/c1-23-19-10-4-15(5-11-19)13-17-7-6-16(20(17)22)12-14-2-8-18(21)9-3-14/h2-5,8-13,21H,6-7H2,1H3/b16-12+,17-13+. The van der Waals surface area contributed by atoms with Crippen LogP contribution in [0.1, 0.15) is 24.0 Å². The molecule has 0 spiro atoms. The minimum atomic E-state index is 0.105. The number of ketones is 1. The summed E-state index contributed by atoms with van der Waals surface area (Å²) in [5.74, 6) is 1.14. The molecule has 3 rings (SSSR count). The van der Waals surface area contributed by atoms with Gasteiger partial charge in [0.15, 0.2) is 5.78 Å². The average molecular weight is 306 g/mol. The van der Waals surface area contributed by atoms with E-state index in [4.69, 9.17) is 4.74 Å². The Kier molecular flexibility index (Phi) is 4.29. The summed E-state index contributed by atoms with van der Waals surface area (Å²) in [5.41, 5.74) is 3.58. The van der Waals surface area contributed by atoms with Crippen LogP contribution in [0.4, 0.5) is 0 Å². The smallest absolute Gasteiger partial charge is 0.185 e. The molecule has 0 saturated heterocycles. The number of carbonyl (C=O) groups is 1. The summed E-state index contributed by atoms with van der Waals surface area (Å²) < 4.78 is 5.14. The molecule has 1 aliphatic carbocycles. The van der Waals surface area contributed by atoms with Crippen molar-refractivity contribution in [3.8, 4) is 11.5 Å². The Hall–Kier alpha value is -2.81. The number of phenolic OH excluding ortho intramolecular Hbond substituents is 1. The topological polar surface area (TPSA) is 46.5 Å². The molecular formula is C20H18O3. The van der Waals surface area contributed by atoms with Crippen LogP contribution in [-0.2, 0) is 4.79 Å². The number of hydrogen-bond donors (Lipinski definition) is 1. The third-order valence-corrected chi connectivity index (χ3v) is 3.94. The van der Waals surface area contributed by atoms with Crippen LogP contribution in [0.3, 0.4) is 0 Å². The van der Waals surface area contributed by atoms with Gasteiger partial charge in [0.2, 0.25) is 0 Å². The molecule has 0 aromatic heterocycles. The third kappa shape index (κ3) is 3.51. The first-order valence-corrected chi connectivity index (χ1v) is 7.54. The minimum absolute atomic E-state index is 0.105. The predicted molar refractivity (Wildman–Crippen MR) is 91.3 cm³/mol. The molecule has 0 atom stereocenters. The van der Waals surface area contributed by atoms with Gasteiger partial charge >= 0.3 is 0 Å². The molecule has 23 heavy (non-hydrogen) atoms. The van der Waals surface area contributed by atoms with Crippen LogP contribution in [0, 0.1) is 0 Å². The molecule has 1 fully saturated rings. The molecule has 1 saturated carbocycles. The zero-order chi connectivity index (χ0) is 16.2. The zero-order valence-corrected chi connectivity index (χ0v) is 13.0. The van der Waals surface area contributed by atoms with Crippen molar-refractivity contribution in [2.24, 2.45) is 0 Å². The number of phenols is 1. The second kappa shape index (κ2) is 6.53. The SMILES string of the molecule is COc1ccc(/C=C2\CC/C(=C\c3ccc(O)cc3)C2=O)cc1. The number of carbonyl (C=O) groups excluding carboxylic acids is 1. The van der Waals surface area contributed by atoms with Crippen LogP contribution in [0.5, 0.6) is 11.5 Å². The Morgan fingerprint density at radius 1 is 0.870 bits per heavy atom. The van der Waals surface area contributed by atoms with Crippen LogP contribution >= 0.6 is 0 Å². The Balaban J connectivity index is 1.80. The van der Waals surface area contributed by atoms with Gasteiger partial charge in [0.25, 0.3) is 0 Å². The van der Waals surface area contributed by atoms with E-state index in [2.05, 4.69) is 0 Å². The van der Waals surface area contributed by atoms with Crippen LogP contribution in [0.2, 0.25) is 0 Å². The lowest BCUT2D eigenvalue weighted by atomic mass is 10.1. The quantitative estimate of drug-likeness (QED) is 0.863. The van der Waals surface area contributed by atoms with E-state index in [-0.39, 0.29) is 11.5 Å². The van der Waals surface area contributed by atoms with Crippen LogP contribution < -0.4 is 4.74 Å². The maximum absolute atomic E-state index is 12.5. The van der Waals surface area contributed by atoms with Gasteiger partial charge in [-0.15, -0.1) is 0 Å². The van der Waals surface area contributed by atoms with Gasteiger partial charge in [-0.05, 0) is 60.4 Å². The zero-order valence-electron chi connectivity index (χ0n) is 13.0. The van der Waals surface area contributed by atoms with Crippen molar-refractivity contribution < 1.29 is 14.6 Å². The van der Waals surface area contributed by atoms with Gasteiger partial charge in [-0.1, -0.05) is 24.3 Å². The van der Waals surface area contributed by atoms with E-state index in [1.165, 1.54) is 0 Å². The van der Waals surface area contributed by atoms with Crippen molar-refractivity contribution in [2.75, 3.05) is 7.11 Å². The van der Waals surface area contributed by atoms with E-state index in [0.29, 0.717) is 0 Å². The molecule has 2 aromatic carbocycles. The van der Waals surface area contributed by atoms with Crippen molar-refractivity contribution in [2.45, 2.75) is 12.8 Å². The number of hydrogen-bond acceptors (Lipinski definition) is 3. The highest BCUT2D eigenvalue weighted by molar-refractivity contribution is 6.15. The average Bonchev–Trinajstić information content (AvgIpc) is 2.91. The summed E-state index contributed by atoms with van der Waals surface area (Å²) in [7, 11) is 1.63. The van der Waals surface area contributed by atoms with Crippen molar-refractivity contribution in [1.82, 2.24) is 0 Å². The molecule has 0 radical (unpaired) electrons. The van der Waals surface area contributed by atoms with Gasteiger partial charge in [-0.25, -0.2) is 0 Å². The molecule has 116 valence electrons. The lowest BCUT2D eigenvalue weighted by Gasteiger charge is -2.00. The predicted octanol–water partition coefficient (Wildman–Crippen LogP) is 4.23. The van der Waals surface area contributed by atoms with Crippen LogP contribution in [-0.4, -0.2) is 18.0 Å². The maximum Gasteiger partial charge on any atom is 0.185 e. The number of methoxy groups -OCH3 is 1. The Labute approximate surface area is 135 Å². The van der Waals surface area contributed by atoms with Crippen LogP contribution in [0.15, 0.2) is 59.7 Å². The highest BCUT2D eigenvalue weighted by Gasteiger charge is 2.22. The van der Waals surface area contributed by atoms with Crippen molar-refractivity contribution >= 4 is 17.9 Å². The summed E-state index contributed by atoms with van der Waals surface area (Å²) in [6, 6.07) is 14.5. The molecule has 1 N–H and O–H groups in total. The maximum atomic E-state index is 12.5. The number of aromatic hydroxyl groups is 1. The highest BCUT2D eigenvalue weighted by atomic mass is 16.5. The van der Waals surface area contributed by atoms with Crippen LogP contribution in [0.25, 0.3) is 12.2 Å². The fourth-order valence-electron chi connectivity index (χ4n) is 2.65. The molecular weight excluding hydrogens is 288 g/mol. The van der Waals surface area contributed by atoms with Gasteiger partial charge < -0.3 is 9.84 Å². The van der Waals surface area contributed by atoms with Crippen molar-refractivity contribution in [1.29, 1.82) is 0 Å². The summed E-state index contributed by atoms with van der Waals surface area (Å²) >= 11 is 0.